The SMILES string of the molecule is Cc1[cH-]c2ccccc2c1Pc1ccccc1.Cc1cc2c(-c3ccccc3)cccc2[cH-]1.[Hf]. The van der Waals surface area contributed by atoms with E-state index in [0.717, 1.165) is 8.58 Å². The third-order valence-electron chi connectivity index (χ3n) is 6.02. The molecule has 6 aromatic rings. The third-order valence-corrected chi connectivity index (χ3v) is 7.56. The van der Waals surface area contributed by atoms with Crippen molar-refractivity contribution in [2.45, 2.75) is 13.8 Å². The van der Waals surface area contributed by atoms with Crippen LogP contribution in [0.2, 0.25) is 0 Å². The van der Waals surface area contributed by atoms with E-state index >= 15 is 0 Å². The maximum absolute atomic E-state index is 2.29. The van der Waals surface area contributed by atoms with Gasteiger partial charge in [0.1, 0.15) is 0 Å². The molecule has 0 heterocycles. The Morgan fingerprint density at radius 3 is 1.97 bits per heavy atom. The molecular formula is C32H27HfP-2. The molecule has 0 spiro atoms. The van der Waals surface area contributed by atoms with Gasteiger partial charge in [-0.1, -0.05) is 92.2 Å². The van der Waals surface area contributed by atoms with Crippen molar-refractivity contribution in [3.63, 3.8) is 0 Å². The average molecular weight is 621 g/mol. The van der Waals surface area contributed by atoms with E-state index in [1.54, 1.807) is 0 Å². The van der Waals surface area contributed by atoms with Crippen molar-refractivity contribution >= 4 is 40.7 Å². The predicted octanol–water partition coefficient (Wildman–Crippen LogP) is 8.03. The van der Waals surface area contributed by atoms with Crippen LogP contribution in [-0.4, -0.2) is 0 Å². The van der Waals surface area contributed by atoms with E-state index in [0.29, 0.717) is 0 Å². The average Bonchev–Trinajstić information content (AvgIpc) is 3.39. The van der Waals surface area contributed by atoms with E-state index < -0.39 is 0 Å². The van der Waals surface area contributed by atoms with E-state index in [2.05, 4.69) is 135 Å². The largest absolute Gasteiger partial charge is 0.165 e. The van der Waals surface area contributed by atoms with Gasteiger partial charge < -0.3 is 0 Å². The van der Waals surface area contributed by atoms with Gasteiger partial charge in [-0.15, -0.1) is 89.0 Å². The minimum atomic E-state index is 0. The topological polar surface area (TPSA) is 0 Å². The van der Waals surface area contributed by atoms with E-state index in [1.807, 2.05) is 0 Å². The molecule has 0 aliphatic heterocycles. The molecule has 6 aromatic carbocycles. The summed E-state index contributed by atoms with van der Waals surface area (Å²) in [5, 5.41) is 8.36. The molecule has 1 unspecified atom stereocenters. The first-order valence-electron chi connectivity index (χ1n) is 11.4. The zero-order valence-corrected chi connectivity index (χ0v) is 24.1. The minimum absolute atomic E-state index is 0. The molecule has 0 fully saturated rings. The Morgan fingerprint density at radius 2 is 1.21 bits per heavy atom. The first kappa shape index (κ1) is 24.5. The molecule has 2 heteroatoms. The smallest absolute Gasteiger partial charge is 0 e. The Balaban J connectivity index is 0.000000157. The minimum Gasteiger partial charge on any atom is -0.165 e. The van der Waals surface area contributed by atoms with Crippen molar-refractivity contribution in [2.75, 3.05) is 0 Å². The Labute approximate surface area is 223 Å². The number of hydrogen-bond acceptors (Lipinski definition) is 0. The molecule has 0 amide bonds. The fourth-order valence-electron chi connectivity index (χ4n) is 4.45. The molecule has 0 aliphatic carbocycles. The maximum atomic E-state index is 2.29. The second-order valence-corrected chi connectivity index (χ2v) is 9.82. The maximum Gasteiger partial charge on any atom is 0 e. The summed E-state index contributed by atoms with van der Waals surface area (Å²) in [5.41, 5.74) is 5.36. The van der Waals surface area contributed by atoms with Gasteiger partial charge in [-0.25, -0.2) is 0 Å². The molecule has 166 valence electrons. The molecule has 0 nitrogen and oxygen atoms in total. The van der Waals surface area contributed by atoms with Crippen LogP contribution in [-0.2, 0) is 25.8 Å². The Hall–Kier alpha value is -2.60. The number of hydrogen-bond donors (Lipinski definition) is 0. The summed E-state index contributed by atoms with van der Waals surface area (Å²) in [4.78, 5) is 0. The fraction of sp³-hybridized carbons (Fsp3) is 0.0625. The molecule has 0 aromatic heterocycles. The van der Waals surface area contributed by atoms with Gasteiger partial charge in [0.2, 0.25) is 0 Å². The van der Waals surface area contributed by atoms with E-state index in [1.165, 1.54) is 54.4 Å². The normalized spacial score (nSPS) is 10.9. The predicted molar refractivity (Wildman–Crippen MR) is 148 cm³/mol. The first-order valence-corrected chi connectivity index (χ1v) is 12.4. The van der Waals surface area contributed by atoms with Gasteiger partial charge in [0.05, 0.1) is 0 Å². The molecule has 0 saturated heterocycles. The summed E-state index contributed by atoms with van der Waals surface area (Å²) in [6.45, 7) is 4.36. The summed E-state index contributed by atoms with van der Waals surface area (Å²) in [6.07, 6.45) is 0. The van der Waals surface area contributed by atoms with Gasteiger partial charge in [0.25, 0.3) is 0 Å². The van der Waals surface area contributed by atoms with Crippen molar-refractivity contribution in [2.24, 2.45) is 0 Å². The molecule has 6 rings (SSSR count). The zero-order valence-electron chi connectivity index (χ0n) is 19.5. The van der Waals surface area contributed by atoms with Gasteiger partial charge >= 0.3 is 0 Å². The van der Waals surface area contributed by atoms with Crippen LogP contribution in [0.15, 0.2) is 121 Å². The summed E-state index contributed by atoms with van der Waals surface area (Å²) in [7, 11) is 0.754. The Morgan fingerprint density at radius 1 is 0.588 bits per heavy atom. The third kappa shape index (κ3) is 5.38. The van der Waals surface area contributed by atoms with Gasteiger partial charge in [-0.3, -0.25) is 0 Å². The molecule has 0 N–H and O–H groups in total. The Kier molecular flexibility index (Phi) is 8.09. The van der Waals surface area contributed by atoms with E-state index in [9.17, 15) is 0 Å². The molecule has 0 saturated carbocycles. The van der Waals surface area contributed by atoms with Crippen molar-refractivity contribution in [3.05, 3.63) is 132 Å². The van der Waals surface area contributed by atoms with Crippen LogP contribution < -0.4 is 10.6 Å². The van der Waals surface area contributed by atoms with E-state index in [-0.39, 0.29) is 25.8 Å². The van der Waals surface area contributed by atoms with Crippen LogP contribution in [0.4, 0.5) is 0 Å². The number of benzene rings is 4. The zero-order chi connectivity index (χ0) is 22.6. The van der Waals surface area contributed by atoms with Crippen LogP contribution in [0.1, 0.15) is 11.1 Å². The number of rotatable bonds is 3. The second-order valence-electron chi connectivity index (χ2n) is 8.49. The van der Waals surface area contributed by atoms with Crippen molar-refractivity contribution in [1.82, 2.24) is 0 Å². The molecule has 0 bridgehead atoms. The quantitative estimate of drug-likeness (QED) is 0.107. The van der Waals surface area contributed by atoms with E-state index in [4.69, 9.17) is 0 Å². The fourth-order valence-corrected chi connectivity index (χ4v) is 5.73. The van der Waals surface area contributed by atoms with Crippen molar-refractivity contribution in [3.8, 4) is 11.1 Å². The molecular weight excluding hydrogens is 594 g/mol. The van der Waals surface area contributed by atoms with Crippen LogP contribution in [0, 0.1) is 13.8 Å². The van der Waals surface area contributed by atoms with Crippen LogP contribution >= 0.6 is 8.58 Å². The molecule has 34 heavy (non-hydrogen) atoms. The van der Waals surface area contributed by atoms with Gasteiger partial charge in [-0.05, 0) is 10.9 Å². The first-order chi connectivity index (χ1) is 16.2. The summed E-state index contributed by atoms with van der Waals surface area (Å²) < 4.78 is 0. The second kappa shape index (κ2) is 11.2. The number of fused-ring (bicyclic) bond motifs is 2. The number of aryl methyl sites for hydroxylation is 2. The monoisotopic (exact) mass is 622 g/mol. The van der Waals surface area contributed by atoms with Crippen molar-refractivity contribution in [1.29, 1.82) is 0 Å². The molecule has 1 atom stereocenters. The standard InChI is InChI=1S/C16H14P.C16H13.Hf/c1-12-11-13-7-5-6-10-15(13)16(12)17-14-8-3-2-4-9-14;1-12-10-14-8-5-9-15(16(14)11-12)13-6-3-2-4-7-13;/h2-11,17H,1H3;2-11H,1H3;/q2*-1;. The summed E-state index contributed by atoms with van der Waals surface area (Å²) >= 11 is 0. The van der Waals surface area contributed by atoms with Crippen molar-refractivity contribution < 1.29 is 25.8 Å². The summed E-state index contributed by atoms with van der Waals surface area (Å²) in [6, 6.07) is 43.2. The van der Waals surface area contributed by atoms with Crippen LogP contribution in [0.3, 0.4) is 0 Å². The van der Waals surface area contributed by atoms with Crippen LogP contribution in [0.25, 0.3) is 32.7 Å². The molecule has 0 aliphatic rings. The summed E-state index contributed by atoms with van der Waals surface area (Å²) in [5.74, 6) is 0. The van der Waals surface area contributed by atoms with Gasteiger partial charge in [0.15, 0.2) is 0 Å². The molecule has 0 radical (unpaired) electrons. The van der Waals surface area contributed by atoms with Gasteiger partial charge in [-0.2, -0.15) is 6.07 Å². The van der Waals surface area contributed by atoms with Crippen LogP contribution in [0.5, 0.6) is 0 Å². The van der Waals surface area contributed by atoms with Gasteiger partial charge in [0, 0.05) is 25.8 Å². The Bertz CT molecular complexity index is 1490.